The van der Waals surface area contributed by atoms with Crippen LogP contribution in [0.4, 0.5) is 0 Å². The van der Waals surface area contributed by atoms with E-state index in [1.807, 2.05) is 0 Å². The molecule has 1 fully saturated rings. The quantitative estimate of drug-likeness (QED) is 0.720. The highest BCUT2D eigenvalue weighted by atomic mass is 16.5. The lowest BCUT2D eigenvalue weighted by Crippen LogP contribution is -2.48. The van der Waals surface area contributed by atoms with E-state index in [4.69, 9.17) is 4.74 Å². The van der Waals surface area contributed by atoms with E-state index < -0.39 is 11.4 Å². The molecule has 0 amide bonds. The van der Waals surface area contributed by atoms with E-state index in [0.717, 1.165) is 12.8 Å². The van der Waals surface area contributed by atoms with E-state index in [0.29, 0.717) is 19.4 Å². The predicted molar refractivity (Wildman–Crippen MR) is 54.6 cm³/mol. The Morgan fingerprint density at radius 3 is 2.73 bits per heavy atom. The Bertz CT molecular complexity index is 261. The zero-order valence-corrected chi connectivity index (χ0v) is 9.28. The largest absolute Gasteiger partial charge is 0.480 e. The van der Waals surface area contributed by atoms with E-state index >= 15 is 0 Å². The Balaban J connectivity index is 2.95. The summed E-state index contributed by atoms with van der Waals surface area (Å²) in [5.74, 6) is -1.38. The van der Waals surface area contributed by atoms with Crippen molar-refractivity contribution in [1.29, 1.82) is 0 Å². The zero-order valence-electron chi connectivity index (χ0n) is 9.28. The molecule has 0 aliphatic heterocycles. The Kier molecular flexibility index (Phi) is 3.85. The first-order valence-corrected chi connectivity index (χ1v) is 5.31. The number of carboxylic acids is 1. The molecular formula is C11H18O4. The molecule has 0 bridgehead atoms. The molecule has 0 aromatic heterocycles. The van der Waals surface area contributed by atoms with E-state index in [1.54, 1.807) is 6.92 Å². The normalized spacial score (nSPS) is 28.8. The molecule has 0 saturated heterocycles. The summed E-state index contributed by atoms with van der Waals surface area (Å²) < 4.78 is 4.96. The number of carboxylic acid groups (broad SMARTS) is 1. The second kappa shape index (κ2) is 4.75. The van der Waals surface area contributed by atoms with Crippen molar-refractivity contribution in [2.75, 3.05) is 13.7 Å². The summed E-state index contributed by atoms with van der Waals surface area (Å²) >= 11 is 0. The number of hydrogen-bond donors (Lipinski definition) is 1. The highest BCUT2D eigenvalue weighted by Gasteiger charge is 2.50. The first-order valence-electron chi connectivity index (χ1n) is 5.31. The standard InChI is InChI=1S/C11H18O4/c1-8(7-15-2)11(10(13)14)6-4-3-5-9(11)12/h8H,3-7H2,1-2H3,(H,13,14). The molecule has 2 unspecified atom stereocenters. The molecule has 2 atom stereocenters. The van der Waals surface area contributed by atoms with Gasteiger partial charge in [0.15, 0.2) is 5.78 Å². The van der Waals surface area contributed by atoms with Crippen LogP contribution in [0.3, 0.4) is 0 Å². The number of hydrogen-bond acceptors (Lipinski definition) is 3. The lowest BCUT2D eigenvalue weighted by atomic mass is 9.65. The Labute approximate surface area is 89.6 Å². The van der Waals surface area contributed by atoms with Crippen LogP contribution in [0.2, 0.25) is 0 Å². The fourth-order valence-electron chi connectivity index (χ4n) is 2.40. The molecule has 1 rings (SSSR count). The molecule has 1 aliphatic carbocycles. The summed E-state index contributed by atoms with van der Waals surface area (Å²) in [6.07, 6.45) is 2.46. The van der Waals surface area contributed by atoms with E-state index in [2.05, 4.69) is 0 Å². The van der Waals surface area contributed by atoms with Crippen LogP contribution in [-0.2, 0) is 14.3 Å². The van der Waals surface area contributed by atoms with Gasteiger partial charge in [0.25, 0.3) is 0 Å². The molecule has 1 N–H and O–H groups in total. The Hall–Kier alpha value is -0.900. The maximum atomic E-state index is 11.8. The van der Waals surface area contributed by atoms with Gasteiger partial charge in [-0.3, -0.25) is 9.59 Å². The van der Waals surface area contributed by atoms with Gasteiger partial charge >= 0.3 is 5.97 Å². The number of ketones is 1. The molecule has 0 radical (unpaired) electrons. The van der Waals surface area contributed by atoms with Gasteiger partial charge in [-0.2, -0.15) is 0 Å². The molecule has 15 heavy (non-hydrogen) atoms. The van der Waals surface area contributed by atoms with Gasteiger partial charge in [-0.1, -0.05) is 13.3 Å². The van der Waals surface area contributed by atoms with E-state index in [9.17, 15) is 14.7 Å². The van der Waals surface area contributed by atoms with Crippen molar-refractivity contribution in [2.24, 2.45) is 11.3 Å². The number of Topliss-reactive ketones (excluding diaryl/α,β-unsaturated/α-hetero) is 1. The molecule has 0 heterocycles. The summed E-state index contributed by atoms with van der Waals surface area (Å²) in [5.41, 5.74) is -1.20. The lowest BCUT2D eigenvalue weighted by molar-refractivity contribution is -0.162. The van der Waals surface area contributed by atoms with Crippen molar-refractivity contribution in [3.8, 4) is 0 Å². The van der Waals surface area contributed by atoms with Crippen LogP contribution in [0, 0.1) is 11.3 Å². The first kappa shape index (κ1) is 12.2. The van der Waals surface area contributed by atoms with Gasteiger partial charge in [0.1, 0.15) is 5.41 Å². The van der Waals surface area contributed by atoms with Crippen molar-refractivity contribution in [1.82, 2.24) is 0 Å². The average molecular weight is 214 g/mol. The molecular weight excluding hydrogens is 196 g/mol. The highest BCUT2D eigenvalue weighted by Crippen LogP contribution is 2.40. The Morgan fingerprint density at radius 2 is 2.27 bits per heavy atom. The molecule has 0 aromatic rings. The minimum absolute atomic E-state index is 0.134. The second-order valence-electron chi connectivity index (χ2n) is 4.26. The van der Waals surface area contributed by atoms with Gasteiger partial charge in [-0.15, -0.1) is 0 Å². The molecule has 0 aromatic carbocycles. The SMILES string of the molecule is COCC(C)C1(C(=O)O)CCCCC1=O. The Morgan fingerprint density at radius 1 is 1.60 bits per heavy atom. The number of methoxy groups -OCH3 is 1. The lowest BCUT2D eigenvalue weighted by Gasteiger charge is -2.36. The zero-order chi connectivity index (χ0) is 11.5. The third-order valence-electron chi connectivity index (χ3n) is 3.36. The van der Waals surface area contributed by atoms with Crippen LogP contribution in [0.25, 0.3) is 0 Å². The maximum absolute atomic E-state index is 11.8. The number of aliphatic carboxylic acids is 1. The van der Waals surface area contributed by atoms with Gasteiger partial charge in [0.05, 0.1) is 6.61 Å². The fraction of sp³-hybridized carbons (Fsp3) is 0.818. The molecule has 1 aliphatic rings. The van der Waals surface area contributed by atoms with Gasteiger partial charge in [0, 0.05) is 19.4 Å². The molecule has 1 saturated carbocycles. The van der Waals surface area contributed by atoms with Crippen LogP contribution >= 0.6 is 0 Å². The second-order valence-corrected chi connectivity index (χ2v) is 4.26. The third-order valence-corrected chi connectivity index (χ3v) is 3.36. The average Bonchev–Trinajstić information content (AvgIpc) is 2.18. The van der Waals surface area contributed by atoms with Crippen molar-refractivity contribution in [2.45, 2.75) is 32.6 Å². The van der Waals surface area contributed by atoms with Crippen molar-refractivity contribution in [3.05, 3.63) is 0 Å². The highest BCUT2D eigenvalue weighted by molar-refractivity contribution is 6.03. The first-order chi connectivity index (χ1) is 7.05. The third kappa shape index (κ3) is 2.04. The number of ether oxygens (including phenoxy) is 1. The predicted octanol–water partition coefficient (Wildman–Crippen LogP) is 1.48. The summed E-state index contributed by atoms with van der Waals surface area (Å²) in [7, 11) is 1.53. The topological polar surface area (TPSA) is 63.6 Å². The number of carbonyl (C=O) groups is 2. The molecule has 4 nitrogen and oxygen atoms in total. The molecule has 4 heteroatoms. The summed E-state index contributed by atoms with van der Waals surface area (Å²) in [5, 5.41) is 9.28. The maximum Gasteiger partial charge on any atom is 0.317 e. The minimum Gasteiger partial charge on any atom is -0.480 e. The van der Waals surface area contributed by atoms with Crippen molar-refractivity contribution < 1.29 is 19.4 Å². The monoisotopic (exact) mass is 214 g/mol. The van der Waals surface area contributed by atoms with Gasteiger partial charge in [-0.25, -0.2) is 0 Å². The number of rotatable bonds is 4. The van der Waals surface area contributed by atoms with Crippen LogP contribution in [0.15, 0.2) is 0 Å². The van der Waals surface area contributed by atoms with E-state index in [-0.39, 0.29) is 11.7 Å². The summed E-state index contributed by atoms with van der Waals surface area (Å²) in [6.45, 7) is 2.10. The van der Waals surface area contributed by atoms with Gasteiger partial charge < -0.3 is 9.84 Å². The minimum atomic E-state index is -1.20. The van der Waals surface area contributed by atoms with Gasteiger partial charge in [0.2, 0.25) is 0 Å². The number of carbonyl (C=O) groups excluding carboxylic acids is 1. The summed E-state index contributed by atoms with van der Waals surface area (Å²) in [6, 6.07) is 0. The summed E-state index contributed by atoms with van der Waals surface area (Å²) in [4.78, 5) is 23.2. The van der Waals surface area contributed by atoms with Crippen molar-refractivity contribution in [3.63, 3.8) is 0 Å². The molecule has 86 valence electrons. The van der Waals surface area contributed by atoms with Gasteiger partial charge in [-0.05, 0) is 12.8 Å². The van der Waals surface area contributed by atoms with Crippen LogP contribution in [0.5, 0.6) is 0 Å². The van der Waals surface area contributed by atoms with E-state index in [1.165, 1.54) is 7.11 Å². The van der Waals surface area contributed by atoms with Crippen molar-refractivity contribution >= 4 is 11.8 Å². The van der Waals surface area contributed by atoms with Crippen LogP contribution in [0.1, 0.15) is 32.6 Å². The van der Waals surface area contributed by atoms with Crippen LogP contribution < -0.4 is 0 Å². The fourth-order valence-corrected chi connectivity index (χ4v) is 2.40. The molecule has 0 spiro atoms. The smallest absolute Gasteiger partial charge is 0.317 e. The van der Waals surface area contributed by atoms with Crippen LogP contribution in [-0.4, -0.2) is 30.6 Å².